The van der Waals surface area contributed by atoms with Gasteiger partial charge in [0.05, 0.1) is 17.7 Å². The SMILES string of the molecule is CCOc1ccccc1C(=O)NC1(CCl)CCCC(C)C1. The fourth-order valence-corrected chi connectivity index (χ4v) is 3.48. The minimum atomic E-state index is -0.282. The van der Waals surface area contributed by atoms with Gasteiger partial charge in [0.15, 0.2) is 0 Å². The fraction of sp³-hybridized carbons (Fsp3) is 0.588. The van der Waals surface area contributed by atoms with Gasteiger partial charge < -0.3 is 10.1 Å². The number of hydrogen-bond donors (Lipinski definition) is 1. The number of alkyl halides is 1. The van der Waals surface area contributed by atoms with Gasteiger partial charge in [-0.2, -0.15) is 0 Å². The monoisotopic (exact) mass is 309 g/mol. The highest BCUT2D eigenvalue weighted by molar-refractivity contribution is 6.19. The topological polar surface area (TPSA) is 38.3 Å². The van der Waals surface area contributed by atoms with E-state index < -0.39 is 0 Å². The van der Waals surface area contributed by atoms with E-state index in [4.69, 9.17) is 16.3 Å². The van der Waals surface area contributed by atoms with Crippen molar-refractivity contribution in [2.75, 3.05) is 12.5 Å². The standard InChI is InChI=1S/C17H24ClNO2/c1-3-21-15-9-5-4-8-14(15)16(20)19-17(12-18)10-6-7-13(2)11-17/h4-5,8-9,13H,3,6-7,10-12H2,1-2H3,(H,19,20). The largest absolute Gasteiger partial charge is 0.493 e. The van der Waals surface area contributed by atoms with Crippen LogP contribution in [0, 0.1) is 5.92 Å². The molecule has 2 atom stereocenters. The van der Waals surface area contributed by atoms with E-state index in [9.17, 15) is 4.79 Å². The number of carbonyl (C=O) groups excluding carboxylic acids is 1. The molecule has 1 aromatic rings. The van der Waals surface area contributed by atoms with E-state index in [0.717, 1.165) is 19.3 Å². The predicted octanol–water partition coefficient (Wildman–Crippen LogP) is 4.00. The molecule has 116 valence electrons. The highest BCUT2D eigenvalue weighted by Crippen LogP contribution is 2.33. The lowest BCUT2D eigenvalue weighted by molar-refractivity contribution is 0.0863. The maximum absolute atomic E-state index is 12.6. The van der Waals surface area contributed by atoms with E-state index in [2.05, 4.69) is 12.2 Å². The van der Waals surface area contributed by atoms with Gasteiger partial charge in [-0.15, -0.1) is 11.6 Å². The molecule has 0 aromatic heterocycles. The molecule has 2 rings (SSSR count). The smallest absolute Gasteiger partial charge is 0.255 e. The van der Waals surface area contributed by atoms with E-state index in [-0.39, 0.29) is 11.4 Å². The highest BCUT2D eigenvalue weighted by Gasteiger charge is 2.36. The summed E-state index contributed by atoms with van der Waals surface area (Å²) in [5.41, 5.74) is 0.303. The van der Waals surface area contributed by atoms with Crippen molar-refractivity contribution in [3.63, 3.8) is 0 Å². The second-order valence-electron chi connectivity index (χ2n) is 6.00. The summed E-state index contributed by atoms with van der Waals surface area (Å²) in [4.78, 5) is 12.6. The summed E-state index contributed by atoms with van der Waals surface area (Å²) in [7, 11) is 0. The van der Waals surface area contributed by atoms with Crippen LogP contribution in [0.1, 0.15) is 49.9 Å². The summed E-state index contributed by atoms with van der Waals surface area (Å²) in [5.74, 6) is 1.60. The number of ether oxygens (including phenoxy) is 1. The average molecular weight is 310 g/mol. The van der Waals surface area contributed by atoms with Crippen molar-refractivity contribution >= 4 is 17.5 Å². The minimum absolute atomic E-state index is 0.0891. The van der Waals surface area contributed by atoms with Crippen molar-refractivity contribution in [1.82, 2.24) is 5.32 Å². The van der Waals surface area contributed by atoms with Crippen LogP contribution in [0.15, 0.2) is 24.3 Å². The Morgan fingerprint density at radius 2 is 2.24 bits per heavy atom. The van der Waals surface area contributed by atoms with Crippen LogP contribution in [-0.2, 0) is 0 Å². The summed E-state index contributed by atoms with van der Waals surface area (Å²) in [6.07, 6.45) is 4.22. The molecular weight excluding hydrogens is 286 g/mol. The summed E-state index contributed by atoms with van der Waals surface area (Å²) >= 11 is 6.19. The maximum atomic E-state index is 12.6. The first-order valence-corrected chi connectivity index (χ1v) is 8.24. The van der Waals surface area contributed by atoms with Crippen LogP contribution < -0.4 is 10.1 Å². The molecule has 4 heteroatoms. The number of halogens is 1. The third-order valence-electron chi connectivity index (χ3n) is 4.16. The van der Waals surface area contributed by atoms with Gasteiger partial charge in [-0.3, -0.25) is 4.79 Å². The first-order chi connectivity index (χ1) is 10.1. The zero-order chi connectivity index (χ0) is 15.3. The van der Waals surface area contributed by atoms with Crippen molar-refractivity contribution in [1.29, 1.82) is 0 Å². The number of nitrogens with one attached hydrogen (secondary N) is 1. The van der Waals surface area contributed by atoms with Crippen LogP contribution in [0.25, 0.3) is 0 Å². The Kier molecular flexibility index (Phi) is 5.51. The predicted molar refractivity (Wildman–Crippen MR) is 86.2 cm³/mol. The molecule has 1 fully saturated rings. The average Bonchev–Trinajstić information content (AvgIpc) is 2.48. The van der Waals surface area contributed by atoms with Crippen molar-refractivity contribution in [2.45, 2.75) is 45.1 Å². The van der Waals surface area contributed by atoms with Crippen molar-refractivity contribution in [2.24, 2.45) is 5.92 Å². The lowest BCUT2D eigenvalue weighted by Gasteiger charge is -2.39. The molecule has 0 heterocycles. The Morgan fingerprint density at radius 3 is 2.90 bits per heavy atom. The Hall–Kier alpha value is -1.22. The zero-order valence-corrected chi connectivity index (χ0v) is 13.6. The Labute approximate surface area is 132 Å². The van der Waals surface area contributed by atoms with Crippen LogP contribution in [0.5, 0.6) is 5.75 Å². The van der Waals surface area contributed by atoms with Gasteiger partial charge in [0.2, 0.25) is 0 Å². The number of rotatable bonds is 5. The van der Waals surface area contributed by atoms with Crippen molar-refractivity contribution < 1.29 is 9.53 Å². The molecule has 2 unspecified atom stereocenters. The Bertz CT molecular complexity index is 491. The second-order valence-corrected chi connectivity index (χ2v) is 6.27. The molecular formula is C17H24ClNO2. The third kappa shape index (κ3) is 3.91. The quantitative estimate of drug-likeness (QED) is 0.835. The molecule has 0 aliphatic heterocycles. The molecule has 0 saturated heterocycles. The van der Waals surface area contributed by atoms with Crippen LogP contribution in [0.4, 0.5) is 0 Å². The van der Waals surface area contributed by atoms with Gasteiger partial charge in [-0.1, -0.05) is 31.9 Å². The van der Waals surface area contributed by atoms with E-state index in [0.29, 0.717) is 29.7 Å². The lowest BCUT2D eigenvalue weighted by Crippen LogP contribution is -2.52. The molecule has 3 nitrogen and oxygen atoms in total. The molecule has 21 heavy (non-hydrogen) atoms. The molecule has 1 aromatic carbocycles. The number of amides is 1. The first-order valence-electron chi connectivity index (χ1n) is 7.70. The molecule has 1 amide bonds. The fourth-order valence-electron chi connectivity index (χ4n) is 3.17. The normalized spacial score (nSPS) is 25.4. The first kappa shape index (κ1) is 16.2. The lowest BCUT2D eigenvalue weighted by atomic mass is 9.77. The van der Waals surface area contributed by atoms with Crippen LogP contribution >= 0.6 is 11.6 Å². The number of para-hydroxylation sites is 1. The van der Waals surface area contributed by atoms with Gasteiger partial charge in [-0.05, 0) is 37.8 Å². The van der Waals surface area contributed by atoms with Gasteiger partial charge in [0, 0.05) is 5.88 Å². The van der Waals surface area contributed by atoms with Gasteiger partial charge >= 0.3 is 0 Å². The molecule has 0 bridgehead atoms. The van der Waals surface area contributed by atoms with E-state index in [1.165, 1.54) is 6.42 Å². The van der Waals surface area contributed by atoms with Crippen molar-refractivity contribution in [3.8, 4) is 5.75 Å². The van der Waals surface area contributed by atoms with Gasteiger partial charge in [-0.25, -0.2) is 0 Å². The number of hydrogen-bond acceptors (Lipinski definition) is 2. The number of benzene rings is 1. The Morgan fingerprint density at radius 1 is 1.48 bits per heavy atom. The molecule has 0 spiro atoms. The Balaban J connectivity index is 2.16. The molecule has 0 radical (unpaired) electrons. The summed E-state index contributed by atoms with van der Waals surface area (Å²) in [6.45, 7) is 4.68. The van der Waals surface area contributed by atoms with E-state index >= 15 is 0 Å². The van der Waals surface area contributed by atoms with Gasteiger partial charge in [0.25, 0.3) is 5.91 Å². The third-order valence-corrected chi connectivity index (χ3v) is 4.67. The second kappa shape index (κ2) is 7.17. The minimum Gasteiger partial charge on any atom is -0.493 e. The molecule has 1 aliphatic carbocycles. The van der Waals surface area contributed by atoms with Crippen LogP contribution in [0.2, 0.25) is 0 Å². The summed E-state index contributed by atoms with van der Waals surface area (Å²) in [5, 5.41) is 3.18. The van der Waals surface area contributed by atoms with Crippen LogP contribution in [0.3, 0.4) is 0 Å². The summed E-state index contributed by atoms with van der Waals surface area (Å²) < 4.78 is 5.54. The van der Waals surface area contributed by atoms with E-state index in [1.807, 2.05) is 25.1 Å². The molecule has 1 N–H and O–H groups in total. The van der Waals surface area contributed by atoms with Crippen molar-refractivity contribution in [3.05, 3.63) is 29.8 Å². The zero-order valence-electron chi connectivity index (χ0n) is 12.8. The molecule has 1 saturated carbocycles. The summed E-state index contributed by atoms with van der Waals surface area (Å²) in [6, 6.07) is 7.36. The van der Waals surface area contributed by atoms with E-state index in [1.54, 1.807) is 6.07 Å². The highest BCUT2D eigenvalue weighted by atomic mass is 35.5. The molecule has 1 aliphatic rings. The van der Waals surface area contributed by atoms with Gasteiger partial charge in [0.1, 0.15) is 5.75 Å². The number of carbonyl (C=O) groups is 1. The maximum Gasteiger partial charge on any atom is 0.255 e. The van der Waals surface area contributed by atoms with Crippen LogP contribution in [-0.4, -0.2) is 23.9 Å².